The van der Waals surface area contributed by atoms with Gasteiger partial charge in [0.05, 0.1) is 0 Å². The third kappa shape index (κ3) is 3.77. The molecule has 8 aromatic rings. The van der Waals surface area contributed by atoms with Gasteiger partial charge in [0, 0.05) is 22.0 Å². The van der Waals surface area contributed by atoms with Crippen LogP contribution in [0.15, 0.2) is 130 Å². The molecule has 0 amide bonds. The Hall–Kier alpha value is -5.74. The van der Waals surface area contributed by atoms with Crippen molar-refractivity contribution in [2.75, 3.05) is 0 Å². The highest BCUT2D eigenvalue weighted by molar-refractivity contribution is 5.92. The normalized spacial score (nSPS) is 15.0. The van der Waals surface area contributed by atoms with Crippen LogP contribution in [0, 0.1) is 0 Å². The molecule has 4 nitrogen and oxygen atoms in total. The lowest BCUT2D eigenvalue weighted by atomic mass is 9.77. The molecule has 4 heteroatoms. The first-order valence-corrected chi connectivity index (χ1v) is 16.6. The van der Waals surface area contributed by atoms with Crippen LogP contribution >= 0.6 is 0 Å². The zero-order chi connectivity index (χ0) is 32.4. The molecule has 48 heavy (non-hydrogen) atoms. The summed E-state index contributed by atoms with van der Waals surface area (Å²) in [6, 6.07) is 42.9. The average Bonchev–Trinajstić information content (AvgIpc) is 3.84. The molecule has 10 rings (SSSR count). The van der Waals surface area contributed by atoms with Gasteiger partial charge in [0.2, 0.25) is 11.8 Å². The molecule has 0 spiro atoms. The Bertz CT molecular complexity index is 2480. The predicted molar refractivity (Wildman–Crippen MR) is 193 cm³/mol. The molecule has 0 radical (unpaired) electrons. The molecular weight excluding hydrogens is 588 g/mol. The monoisotopic (exact) mass is 620 g/mol. The number of fused-ring (bicyclic) bond motifs is 8. The summed E-state index contributed by atoms with van der Waals surface area (Å²) < 4.78 is 12.5. The number of aromatic nitrogens is 2. The van der Waals surface area contributed by atoms with Gasteiger partial charge in [-0.15, -0.1) is 0 Å². The fraction of sp³-hybridized carbons (Fsp3) is 0.136. The topological polar surface area (TPSA) is 52.1 Å². The minimum atomic E-state index is -0.165. The lowest BCUT2D eigenvalue weighted by Gasteiger charge is -2.26. The number of nitrogens with zero attached hydrogens (tertiary/aromatic N) is 2. The third-order valence-corrected chi connectivity index (χ3v) is 10.7. The molecule has 0 unspecified atom stereocenters. The summed E-state index contributed by atoms with van der Waals surface area (Å²) in [6.07, 6.45) is 0. The van der Waals surface area contributed by atoms with Crippen molar-refractivity contribution in [3.8, 4) is 56.3 Å². The molecule has 0 aliphatic heterocycles. The lowest BCUT2D eigenvalue weighted by Crippen LogP contribution is -2.18. The highest BCUT2D eigenvalue weighted by Gasteiger charge is 2.41. The van der Waals surface area contributed by atoms with Gasteiger partial charge in [0.15, 0.2) is 11.2 Å². The van der Waals surface area contributed by atoms with E-state index in [0.717, 1.165) is 44.5 Å². The summed E-state index contributed by atoms with van der Waals surface area (Å²) in [4.78, 5) is 9.69. The summed E-state index contributed by atoms with van der Waals surface area (Å²) in [7, 11) is 0. The summed E-state index contributed by atoms with van der Waals surface area (Å²) >= 11 is 0. The van der Waals surface area contributed by atoms with Crippen molar-refractivity contribution in [2.24, 2.45) is 0 Å². The first kappa shape index (κ1) is 27.4. The van der Waals surface area contributed by atoms with Crippen LogP contribution in [-0.4, -0.2) is 9.97 Å². The standard InChI is InChI=1S/C44H32N2O2/c1-43(2)33-12-6-5-11-29(33)31-23-32-30-18-17-25(22-34(30)44(3,4)36(32)24-35(31)43)26-19-27(41-45-37-13-7-9-15-39(37)47-41)21-28(20-26)42-46-38-14-8-10-16-40(38)48-42/h5-24H,1-4H3. The molecule has 0 saturated carbocycles. The maximum absolute atomic E-state index is 6.26. The van der Waals surface area contributed by atoms with E-state index in [2.05, 4.69) is 100 Å². The molecule has 0 bridgehead atoms. The maximum atomic E-state index is 6.26. The average molecular weight is 621 g/mol. The Morgan fingerprint density at radius 1 is 0.396 bits per heavy atom. The number of oxazole rings is 2. The van der Waals surface area contributed by atoms with E-state index in [1.807, 2.05) is 48.5 Å². The van der Waals surface area contributed by atoms with Crippen molar-refractivity contribution >= 4 is 22.2 Å². The Morgan fingerprint density at radius 3 is 1.52 bits per heavy atom. The van der Waals surface area contributed by atoms with Gasteiger partial charge in [-0.3, -0.25) is 0 Å². The number of rotatable bonds is 3. The quantitative estimate of drug-likeness (QED) is 0.197. The van der Waals surface area contributed by atoms with E-state index in [1.165, 1.54) is 44.5 Å². The fourth-order valence-corrected chi connectivity index (χ4v) is 8.14. The Balaban J connectivity index is 1.14. The van der Waals surface area contributed by atoms with Gasteiger partial charge in [-0.2, -0.15) is 0 Å². The number of para-hydroxylation sites is 4. The van der Waals surface area contributed by atoms with Crippen LogP contribution in [0.4, 0.5) is 0 Å². The van der Waals surface area contributed by atoms with Crippen LogP contribution in [0.5, 0.6) is 0 Å². The van der Waals surface area contributed by atoms with Crippen molar-refractivity contribution in [2.45, 2.75) is 38.5 Å². The van der Waals surface area contributed by atoms with Crippen LogP contribution in [-0.2, 0) is 10.8 Å². The van der Waals surface area contributed by atoms with E-state index < -0.39 is 0 Å². The summed E-state index contributed by atoms with van der Waals surface area (Å²) in [6.45, 7) is 9.44. The molecule has 2 aliphatic rings. The smallest absolute Gasteiger partial charge is 0.227 e. The largest absolute Gasteiger partial charge is 0.436 e. The first-order valence-electron chi connectivity index (χ1n) is 16.6. The summed E-state index contributed by atoms with van der Waals surface area (Å²) in [5.41, 5.74) is 17.8. The zero-order valence-electron chi connectivity index (χ0n) is 27.3. The molecule has 230 valence electrons. The van der Waals surface area contributed by atoms with Crippen LogP contribution in [0.3, 0.4) is 0 Å². The second-order valence-corrected chi connectivity index (χ2v) is 14.3. The van der Waals surface area contributed by atoms with Gasteiger partial charge in [-0.1, -0.05) is 94.4 Å². The molecule has 0 fully saturated rings. The van der Waals surface area contributed by atoms with Crippen LogP contribution in [0.2, 0.25) is 0 Å². The summed E-state index contributed by atoms with van der Waals surface area (Å²) in [5, 5.41) is 0. The van der Waals surface area contributed by atoms with Gasteiger partial charge in [0.1, 0.15) is 11.0 Å². The fourth-order valence-electron chi connectivity index (χ4n) is 8.14. The highest BCUT2D eigenvalue weighted by atomic mass is 16.4. The molecule has 2 aromatic heterocycles. The van der Waals surface area contributed by atoms with E-state index in [-0.39, 0.29) is 10.8 Å². The van der Waals surface area contributed by atoms with Gasteiger partial charge >= 0.3 is 0 Å². The molecule has 0 N–H and O–H groups in total. The van der Waals surface area contributed by atoms with Gasteiger partial charge in [-0.05, 0) is 110 Å². The van der Waals surface area contributed by atoms with Gasteiger partial charge in [-0.25, -0.2) is 9.97 Å². The van der Waals surface area contributed by atoms with Crippen LogP contribution < -0.4 is 0 Å². The van der Waals surface area contributed by atoms with Crippen molar-refractivity contribution in [1.29, 1.82) is 0 Å². The Morgan fingerprint density at radius 2 is 0.896 bits per heavy atom. The molecule has 0 atom stereocenters. The Kier molecular flexibility index (Phi) is 5.37. The van der Waals surface area contributed by atoms with Crippen LogP contribution in [0.25, 0.3) is 78.5 Å². The van der Waals surface area contributed by atoms with E-state index in [9.17, 15) is 0 Å². The lowest BCUT2D eigenvalue weighted by molar-refractivity contribution is 0.617. The minimum absolute atomic E-state index is 0.0385. The van der Waals surface area contributed by atoms with E-state index in [1.54, 1.807) is 0 Å². The van der Waals surface area contributed by atoms with E-state index >= 15 is 0 Å². The second kappa shape index (κ2) is 9.42. The van der Waals surface area contributed by atoms with E-state index in [4.69, 9.17) is 18.8 Å². The van der Waals surface area contributed by atoms with Crippen molar-refractivity contribution in [3.05, 3.63) is 144 Å². The predicted octanol–water partition coefficient (Wildman–Crippen LogP) is 11.6. The zero-order valence-corrected chi connectivity index (χ0v) is 27.3. The molecular formula is C44H32N2O2. The van der Waals surface area contributed by atoms with Gasteiger partial charge in [0.25, 0.3) is 0 Å². The van der Waals surface area contributed by atoms with Crippen molar-refractivity contribution in [3.63, 3.8) is 0 Å². The maximum Gasteiger partial charge on any atom is 0.227 e. The molecule has 2 aliphatic carbocycles. The molecule has 6 aromatic carbocycles. The number of benzene rings is 6. The molecule has 0 saturated heterocycles. The number of hydrogen-bond donors (Lipinski definition) is 0. The molecule has 2 heterocycles. The van der Waals surface area contributed by atoms with Crippen molar-refractivity contribution in [1.82, 2.24) is 9.97 Å². The number of hydrogen-bond acceptors (Lipinski definition) is 4. The second-order valence-electron chi connectivity index (χ2n) is 14.3. The van der Waals surface area contributed by atoms with Crippen LogP contribution in [0.1, 0.15) is 49.9 Å². The van der Waals surface area contributed by atoms with Gasteiger partial charge < -0.3 is 8.83 Å². The summed E-state index contributed by atoms with van der Waals surface area (Å²) in [5.74, 6) is 1.14. The highest BCUT2D eigenvalue weighted by Crippen LogP contribution is 2.56. The first-order chi connectivity index (χ1) is 23.3. The minimum Gasteiger partial charge on any atom is -0.436 e. The van der Waals surface area contributed by atoms with Crippen molar-refractivity contribution < 1.29 is 8.83 Å². The van der Waals surface area contributed by atoms with E-state index in [0.29, 0.717) is 11.8 Å². The Labute approximate surface area is 278 Å². The third-order valence-electron chi connectivity index (χ3n) is 10.7. The SMILES string of the molecule is CC1(C)c2ccccc2-c2cc3c(cc21)C(C)(C)c1cc(-c2cc(-c4nc5ccccc5o4)cc(-c4nc5ccccc5o4)c2)ccc1-3.